The van der Waals surface area contributed by atoms with Gasteiger partial charge in [0.05, 0.1) is 0 Å². The Bertz CT molecular complexity index is 211. The molecular formula is Mg2O8S2. The topological polar surface area (TPSA) is 161 Å². The van der Waals surface area contributed by atoms with Crippen molar-refractivity contribution in [3.05, 3.63) is 0 Å². The predicted octanol–water partition coefficient (Wildman–Crippen LogP) is -3.44. The van der Waals surface area contributed by atoms with Crippen LogP contribution in [0.4, 0.5) is 0 Å². The Kier molecular flexibility index (Phi) is 17.2. The molecule has 0 aromatic rings. The molecule has 0 bridgehead atoms. The molecule has 12 heavy (non-hydrogen) atoms. The van der Waals surface area contributed by atoms with Gasteiger partial charge in [0, 0.05) is 20.8 Å². The van der Waals surface area contributed by atoms with Crippen molar-refractivity contribution >= 4 is 66.9 Å². The molecule has 0 heterocycles. The van der Waals surface area contributed by atoms with Crippen molar-refractivity contribution in [1.82, 2.24) is 0 Å². The van der Waals surface area contributed by atoms with E-state index in [1.165, 1.54) is 0 Å². The van der Waals surface area contributed by atoms with Gasteiger partial charge in [-0.05, 0) is 0 Å². The van der Waals surface area contributed by atoms with Crippen LogP contribution >= 0.6 is 0 Å². The molecule has 0 aliphatic rings. The average molecular weight is 241 g/mol. The summed E-state index contributed by atoms with van der Waals surface area (Å²) in [5.74, 6) is 0. The van der Waals surface area contributed by atoms with Gasteiger partial charge in [0.1, 0.15) is 0 Å². The molecule has 0 aliphatic carbocycles. The van der Waals surface area contributed by atoms with Gasteiger partial charge in [-0.1, -0.05) is 0 Å². The van der Waals surface area contributed by atoms with Gasteiger partial charge in [-0.2, -0.15) is 0 Å². The smallest absolute Gasteiger partial charge is 0.759 e. The number of hydrogen-bond donors (Lipinski definition) is 0. The van der Waals surface area contributed by atoms with E-state index in [0.29, 0.717) is 0 Å². The zero-order valence-corrected chi connectivity index (χ0v) is 9.96. The van der Waals surface area contributed by atoms with Crippen molar-refractivity contribution in [3.8, 4) is 0 Å². The summed E-state index contributed by atoms with van der Waals surface area (Å²) in [7, 11) is -10.3. The molecule has 0 fully saturated rings. The van der Waals surface area contributed by atoms with Crippen LogP contribution in [0.15, 0.2) is 0 Å². The van der Waals surface area contributed by atoms with E-state index in [1.54, 1.807) is 0 Å². The van der Waals surface area contributed by atoms with Gasteiger partial charge in [-0.15, -0.1) is 0 Å². The first-order chi connectivity index (χ1) is 4.00. The zero-order chi connectivity index (χ0) is 9.00. The fourth-order valence-corrected chi connectivity index (χ4v) is 0. The minimum Gasteiger partial charge on any atom is -0.759 e. The SMILES string of the molecule is O=S(=O)([O-])[O-].O=S(=O)([O-])[O-].[Mg+2].[Mg+2]. The molecule has 0 aromatic carbocycles. The van der Waals surface area contributed by atoms with E-state index in [0.717, 1.165) is 0 Å². The molecule has 0 rings (SSSR count). The summed E-state index contributed by atoms with van der Waals surface area (Å²) in [4.78, 5) is 0. The van der Waals surface area contributed by atoms with E-state index in [1.807, 2.05) is 0 Å². The second-order valence-electron chi connectivity index (χ2n) is 0.816. The third-order valence-electron chi connectivity index (χ3n) is 0. The molecule has 0 saturated carbocycles. The number of rotatable bonds is 0. The van der Waals surface area contributed by atoms with Gasteiger partial charge >= 0.3 is 46.1 Å². The molecule has 0 unspecified atom stereocenters. The van der Waals surface area contributed by atoms with Crippen LogP contribution in [0.2, 0.25) is 0 Å². The van der Waals surface area contributed by atoms with Crippen LogP contribution in [-0.2, 0) is 20.8 Å². The molecule has 64 valence electrons. The van der Waals surface area contributed by atoms with Crippen molar-refractivity contribution in [3.63, 3.8) is 0 Å². The molecule has 0 aliphatic heterocycles. The summed E-state index contributed by atoms with van der Waals surface area (Å²) in [5, 5.41) is 0. The minimum absolute atomic E-state index is 0. The molecule has 0 amide bonds. The van der Waals surface area contributed by atoms with E-state index in [-0.39, 0.29) is 46.1 Å². The van der Waals surface area contributed by atoms with Gasteiger partial charge in [0.15, 0.2) is 0 Å². The monoisotopic (exact) mass is 240 g/mol. The third kappa shape index (κ3) is 735. The fraction of sp³-hybridized carbons (Fsp3) is 0. The van der Waals surface area contributed by atoms with Crippen molar-refractivity contribution in [2.75, 3.05) is 0 Å². The second-order valence-corrected chi connectivity index (χ2v) is 2.45. The summed E-state index contributed by atoms with van der Waals surface area (Å²) in [6, 6.07) is 0. The molecule has 0 aromatic heterocycles. The Morgan fingerprint density at radius 1 is 0.583 bits per heavy atom. The molecule has 12 heteroatoms. The van der Waals surface area contributed by atoms with Crippen molar-refractivity contribution in [2.45, 2.75) is 0 Å². The normalized spacial score (nSPS) is 9.67. The van der Waals surface area contributed by atoms with E-state index in [4.69, 9.17) is 35.0 Å². The van der Waals surface area contributed by atoms with Gasteiger partial charge in [-0.3, -0.25) is 16.8 Å². The van der Waals surface area contributed by atoms with Gasteiger partial charge in [0.25, 0.3) is 0 Å². The Morgan fingerprint density at radius 2 is 0.583 bits per heavy atom. The fourth-order valence-electron chi connectivity index (χ4n) is 0. The molecular weight excluding hydrogens is 241 g/mol. The van der Waals surface area contributed by atoms with Crippen LogP contribution in [0.1, 0.15) is 0 Å². The van der Waals surface area contributed by atoms with Crippen molar-refractivity contribution in [1.29, 1.82) is 0 Å². The van der Waals surface area contributed by atoms with E-state index < -0.39 is 20.8 Å². The maximum absolute atomic E-state index is 8.52. The standard InChI is InChI=1S/2Mg.2H2O4S/c;;2*1-5(2,3)4/h;;2*(H2,1,2,3,4)/q2*+2;;/p-4. The molecule has 8 nitrogen and oxygen atoms in total. The first-order valence-electron chi connectivity index (χ1n) is 1.33. The molecule has 0 atom stereocenters. The Balaban J connectivity index is -0.0000000457. The summed E-state index contributed by atoms with van der Waals surface area (Å²) in [6.07, 6.45) is 0. The van der Waals surface area contributed by atoms with Crippen LogP contribution in [0.3, 0.4) is 0 Å². The first kappa shape index (κ1) is 23.3. The van der Waals surface area contributed by atoms with E-state index in [2.05, 4.69) is 0 Å². The second kappa shape index (κ2) is 8.85. The zero-order valence-electron chi connectivity index (χ0n) is 5.50. The quantitative estimate of drug-likeness (QED) is 0.240. The Hall–Kier alpha value is 1.27. The van der Waals surface area contributed by atoms with Gasteiger partial charge in [-0.25, -0.2) is 0 Å². The van der Waals surface area contributed by atoms with Crippen LogP contribution in [-0.4, -0.2) is 81.2 Å². The van der Waals surface area contributed by atoms with Gasteiger partial charge < -0.3 is 18.2 Å². The largest absolute Gasteiger partial charge is 2.00 e. The molecule has 0 saturated heterocycles. The summed E-state index contributed by atoms with van der Waals surface area (Å²) in [5.41, 5.74) is 0. The maximum atomic E-state index is 8.52. The van der Waals surface area contributed by atoms with Crippen LogP contribution in [0, 0.1) is 0 Å². The van der Waals surface area contributed by atoms with E-state index in [9.17, 15) is 0 Å². The van der Waals surface area contributed by atoms with Gasteiger partial charge in [0.2, 0.25) is 0 Å². The van der Waals surface area contributed by atoms with Crippen LogP contribution < -0.4 is 0 Å². The van der Waals surface area contributed by atoms with Crippen LogP contribution in [0.5, 0.6) is 0 Å². The van der Waals surface area contributed by atoms with E-state index >= 15 is 0 Å². The molecule has 0 radical (unpaired) electrons. The number of hydrogen-bond acceptors (Lipinski definition) is 8. The third-order valence-corrected chi connectivity index (χ3v) is 0. The molecule has 0 spiro atoms. The van der Waals surface area contributed by atoms with Crippen molar-refractivity contribution in [2.24, 2.45) is 0 Å². The molecule has 0 N–H and O–H groups in total. The van der Waals surface area contributed by atoms with Crippen molar-refractivity contribution < 1.29 is 35.0 Å². The minimum atomic E-state index is -5.17. The Labute approximate surface area is 101 Å². The predicted molar refractivity (Wildman–Crippen MR) is 32.5 cm³/mol. The average Bonchev–Trinajstić information content (AvgIpc) is 1.12. The first-order valence-corrected chi connectivity index (χ1v) is 4.00. The summed E-state index contributed by atoms with van der Waals surface area (Å²) >= 11 is 0. The van der Waals surface area contributed by atoms with Crippen LogP contribution in [0.25, 0.3) is 0 Å². The summed E-state index contributed by atoms with van der Waals surface area (Å²) < 4.78 is 68.2. The summed E-state index contributed by atoms with van der Waals surface area (Å²) in [6.45, 7) is 0. The Morgan fingerprint density at radius 3 is 0.583 bits per heavy atom. The maximum Gasteiger partial charge on any atom is 2.00 e.